The van der Waals surface area contributed by atoms with Crippen LogP contribution in [0, 0.1) is 20.8 Å². The Morgan fingerprint density at radius 2 is 1.38 bits per heavy atom. The van der Waals surface area contributed by atoms with Crippen LogP contribution in [0.2, 0.25) is 0 Å². The standard InChI is InChI=1S/C49H43N3O/c1-31-22-33(3)47(53)43(25-31)48-51-46-42(18-13-19-45(46)52(48)41-24-32(2)23-37(29-41)35-16-11-8-12-17-35)38-26-39(28-40(27-38)49(4,5)6)44-30-36(20-21-50-44)34-14-9-7-10-15-34/h7-30,53H,1-6H3/i7D,9D,10D,14D,15D. The van der Waals surface area contributed by atoms with Gasteiger partial charge in [0.15, 0.2) is 0 Å². The molecule has 6 aromatic carbocycles. The molecule has 0 aliphatic heterocycles. The number of aromatic hydroxyl groups is 1. The molecule has 0 aliphatic rings. The summed E-state index contributed by atoms with van der Waals surface area (Å²) < 4.78 is 44.0. The molecule has 0 spiro atoms. The van der Waals surface area contributed by atoms with Crippen molar-refractivity contribution >= 4 is 11.0 Å². The second-order valence-electron chi connectivity index (χ2n) is 14.8. The van der Waals surface area contributed by atoms with E-state index in [1.54, 1.807) is 18.3 Å². The number of phenolic OH excluding ortho intramolecular Hbond substituents is 1. The number of nitrogens with zero attached hydrogens (tertiary/aromatic N) is 3. The number of rotatable bonds is 6. The fraction of sp³-hybridized carbons (Fsp3) is 0.143. The molecule has 2 aromatic heterocycles. The molecular formula is C49H43N3O. The molecule has 0 bridgehead atoms. The van der Waals surface area contributed by atoms with Gasteiger partial charge in [0.05, 0.1) is 29.1 Å². The molecule has 0 unspecified atom stereocenters. The maximum absolute atomic E-state index is 11.6. The molecule has 4 nitrogen and oxygen atoms in total. The lowest BCUT2D eigenvalue weighted by atomic mass is 9.83. The maximum Gasteiger partial charge on any atom is 0.149 e. The average molecular weight is 695 g/mol. The SMILES string of the molecule is [2H]c1c([2H])c([2H])c(-c2ccnc(-c3cc(-c4cccc5c4nc(-c4cc(C)cc(C)c4O)n5-c4cc(C)cc(-c5ccccc5)c4)cc(C(C)(C)C)c3)c2)c([2H])c1[2H]. The van der Waals surface area contributed by atoms with E-state index in [0.717, 1.165) is 66.8 Å². The first kappa shape index (κ1) is 28.3. The normalized spacial score (nSPS) is 13.0. The van der Waals surface area contributed by atoms with Crippen LogP contribution >= 0.6 is 0 Å². The van der Waals surface area contributed by atoms with Gasteiger partial charge in [0, 0.05) is 23.0 Å². The largest absolute Gasteiger partial charge is 0.507 e. The van der Waals surface area contributed by atoms with Crippen molar-refractivity contribution in [2.45, 2.75) is 47.0 Å². The van der Waals surface area contributed by atoms with Crippen molar-refractivity contribution in [3.8, 4) is 67.5 Å². The van der Waals surface area contributed by atoms with Gasteiger partial charge in [-0.25, -0.2) is 4.98 Å². The van der Waals surface area contributed by atoms with Gasteiger partial charge in [-0.2, -0.15) is 0 Å². The third-order valence-electron chi connectivity index (χ3n) is 9.75. The summed E-state index contributed by atoms with van der Waals surface area (Å²) in [6.07, 6.45) is 1.62. The number of hydrogen-bond acceptors (Lipinski definition) is 3. The van der Waals surface area contributed by atoms with E-state index in [1.807, 2.05) is 50.2 Å². The summed E-state index contributed by atoms with van der Waals surface area (Å²) in [5.74, 6) is 0.804. The molecular weight excluding hydrogens is 647 g/mol. The van der Waals surface area contributed by atoms with Crippen LogP contribution in [0.4, 0.5) is 0 Å². The average Bonchev–Trinajstić information content (AvgIpc) is 3.60. The highest BCUT2D eigenvalue weighted by Crippen LogP contribution is 2.41. The molecule has 0 saturated carbocycles. The highest BCUT2D eigenvalue weighted by molar-refractivity contribution is 5.97. The van der Waals surface area contributed by atoms with E-state index in [0.29, 0.717) is 22.6 Å². The summed E-state index contributed by atoms with van der Waals surface area (Å²) in [5.41, 5.74) is 12.9. The Morgan fingerprint density at radius 3 is 2.15 bits per heavy atom. The van der Waals surface area contributed by atoms with Crippen LogP contribution in [0.3, 0.4) is 0 Å². The van der Waals surface area contributed by atoms with Crippen LogP contribution in [-0.2, 0) is 5.41 Å². The number of hydrogen-bond donors (Lipinski definition) is 1. The molecule has 0 saturated heterocycles. The number of aromatic nitrogens is 3. The Morgan fingerprint density at radius 1 is 0.623 bits per heavy atom. The number of imidazole rings is 1. The van der Waals surface area contributed by atoms with Crippen molar-refractivity contribution in [2.24, 2.45) is 0 Å². The van der Waals surface area contributed by atoms with Crippen LogP contribution in [0.15, 0.2) is 146 Å². The van der Waals surface area contributed by atoms with Gasteiger partial charge in [-0.3, -0.25) is 9.55 Å². The second kappa shape index (κ2) is 13.4. The summed E-state index contributed by atoms with van der Waals surface area (Å²) >= 11 is 0. The first-order valence-electron chi connectivity index (χ1n) is 20.3. The quantitative estimate of drug-likeness (QED) is 0.188. The smallest absolute Gasteiger partial charge is 0.149 e. The first-order chi connectivity index (χ1) is 27.6. The lowest BCUT2D eigenvalue weighted by Gasteiger charge is -2.22. The van der Waals surface area contributed by atoms with E-state index in [2.05, 4.69) is 92.9 Å². The van der Waals surface area contributed by atoms with Crippen molar-refractivity contribution in [1.82, 2.24) is 14.5 Å². The number of pyridine rings is 1. The minimum absolute atomic E-state index is 0.130. The molecule has 2 heterocycles. The zero-order valence-electron chi connectivity index (χ0n) is 35.8. The first-order valence-corrected chi connectivity index (χ1v) is 17.8. The number of para-hydroxylation sites is 1. The van der Waals surface area contributed by atoms with E-state index in [9.17, 15) is 5.11 Å². The fourth-order valence-electron chi connectivity index (χ4n) is 7.10. The number of aryl methyl sites for hydroxylation is 3. The van der Waals surface area contributed by atoms with Gasteiger partial charge in [0.25, 0.3) is 0 Å². The van der Waals surface area contributed by atoms with E-state index < -0.39 is 6.04 Å². The van der Waals surface area contributed by atoms with Crippen LogP contribution in [0.25, 0.3) is 72.7 Å². The topological polar surface area (TPSA) is 50.9 Å². The summed E-state index contributed by atoms with van der Waals surface area (Å²) in [5, 5.41) is 11.6. The van der Waals surface area contributed by atoms with Gasteiger partial charge in [-0.15, -0.1) is 0 Å². The van der Waals surface area contributed by atoms with Crippen LogP contribution < -0.4 is 0 Å². The van der Waals surface area contributed by atoms with Crippen molar-refractivity contribution in [2.75, 3.05) is 0 Å². The summed E-state index contributed by atoms with van der Waals surface area (Å²) in [6.45, 7) is 12.5. The fourth-order valence-corrected chi connectivity index (χ4v) is 7.10. The van der Waals surface area contributed by atoms with Gasteiger partial charge in [0.1, 0.15) is 11.6 Å². The van der Waals surface area contributed by atoms with E-state index in [4.69, 9.17) is 16.8 Å². The third-order valence-corrected chi connectivity index (χ3v) is 9.75. The van der Waals surface area contributed by atoms with Gasteiger partial charge in [-0.1, -0.05) is 112 Å². The van der Waals surface area contributed by atoms with Crippen molar-refractivity contribution in [1.29, 1.82) is 0 Å². The molecule has 53 heavy (non-hydrogen) atoms. The Bertz CT molecular complexity index is 2900. The molecule has 8 aromatic rings. The number of fused-ring (bicyclic) bond motifs is 1. The summed E-state index contributed by atoms with van der Waals surface area (Å²) in [7, 11) is 0. The number of phenols is 1. The van der Waals surface area contributed by atoms with Gasteiger partial charge in [0.2, 0.25) is 0 Å². The predicted molar refractivity (Wildman–Crippen MR) is 221 cm³/mol. The number of benzene rings is 6. The van der Waals surface area contributed by atoms with Gasteiger partial charge >= 0.3 is 0 Å². The molecule has 1 N–H and O–H groups in total. The summed E-state index contributed by atoms with van der Waals surface area (Å²) in [6, 6.07) is 35.1. The van der Waals surface area contributed by atoms with Crippen LogP contribution in [0.5, 0.6) is 5.75 Å². The Balaban J connectivity index is 1.38. The minimum Gasteiger partial charge on any atom is -0.507 e. The second-order valence-corrected chi connectivity index (χ2v) is 14.8. The van der Waals surface area contributed by atoms with Crippen LogP contribution in [-0.4, -0.2) is 19.6 Å². The molecule has 260 valence electrons. The van der Waals surface area contributed by atoms with Crippen LogP contribution in [0.1, 0.15) is 49.9 Å². The Hall–Kier alpha value is -6.26. The van der Waals surface area contributed by atoms with Crippen molar-refractivity contribution in [3.05, 3.63) is 168 Å². The molecule has 8 rings (SSSR count). The molecule has 0 radical (unpaired) electrons. The van der Waals surface area contributed by atoms with E-state index >= 15 is 0 Å². The Labute approximate surface area is 319 Å². The predicted octanol–water partition coefficient (Wildman–Crippen LogP) is 12.7. The Kier molecular flexibility index (Phi) is 7.15. The zero-order chi connectivity index (χ0) is 41.2. The highest BCUT2D eigenvalue weighted by Gasteiger charge is 2.23. The van der Waals surface area contributed by atoms with Gasteiger partial charge in [-0.05, 0) is 125 Å². The lowest BCUT2D eigenvalue weighted by Crippen LogP contribution is -2.11. The molecule has 0 amide bonds. The zero-order valence-corrected chi connectivity index (χ0v) is 30.8. The van der Waals surface area contributed by atoms with Gasteiger partial charge < -0.3 is 5.11 Å². The summed E-state index contributed by atoms with van der Waals surface area (Å²) in [4.78, 5) is 10.1. The molecule has 0 fully saturated rings. The lowest BCUT2D eigenvalue weighted by molar-refractivity contribution is 0.472. The minimum atomic E-state index is -0.429. The molecule has 0 atom stereocenters. The highest BCUT2D eigenvalue weighted by atomic mass is 16.3. The molecule has 0 aliphatic carbocycles. The maximum atomic E-state index is 11.6. The van der Waals surface area contributed by atoms with Crippen molar-refractivity contribution < 1.29 is 12.0 Å². The monoisotopic (exact) mass is 694 g/mol. The van der Waals surface area contributed by atoms with Crippen molar-refractivity contribution in [3.63, 3.8) is 0 Å². The molecule has 4 heteroatoms. The van der Waals surface area contributed by atoms with E-state index in [-0.39, 0.29) is 40.9 Å². The van der Waals surface area contributed by atoms with E-state index in [1.165, 1.54) is 0 Å². The third kappa shape index (κ3) is 6.53.